The quantitative estimate of drug-likeness (QED) is 0.683. The summed E-state index contributed by atoms with van der Waals surface area (Å²) in [5.74, 6) is -0.873. The molecule has 3 aromatic rings. The number of hydrogen-bond donors (Lipinski definition) is 3. The average Bonchev–Trinajstić information content (AvgIpc) is 2.78. The second-order valence-electron chi connectivity index (χ2n) is 4.49. The third-order valence-electron chi connectivity index (χ3n) is 2.97. The molecule has 1 aromatic heterocycles. The van der Waals surface area contributed by atoms with Crippen LogP contribution >= 0.6 is 11.6 Å². The number of imidazole rings is 1. The molecule has 3 N–H and O–H groups in total. The van der Waals surface area contributed by atoms with E-state index in [0.29, 0.717) is 11.0 Å². The fourth-order valence-electron chi connectivity index (χ4n) is 2.00. The molecule has 114 valence electrons. The molecule has 22 heavy (non-hydrogen) atoms. The van der Waals surface area contributed by atoms with Gasteiger partial charge in [0.15, 0.2) is 0 Å². The summed E-state index contributed by atoms with van der Waals surface area (Å²) >= 11 is 5.99. The van der Waals surface area contributed by atoms with E-state index >= 15 is 0 Å². The van der Waals surface area contributed by atoms with E-state index < -0.39 is 26.4 Å². The van der Waals surface area contributed by atoms with Crippen molar-refractivity contribution in [1.29, 1.82) is 0 Å². The predicted molar refractivity (Wildman–Crippen MR) is 81.1 cm³/mol. The summed E-state index contributed by atoms with van der Waals surface area (Å²) in [6, 6.07) is 7.73. The Kier molecular flexibility index (Phi) is 3.42. The van der Waals surface area contributed by atoms with Crippen LogP contribution in [0.15, 0.2) is 46.1 Å². The van der Waals surface area contributed by atoms with Gasteiger partial charge in [0.25, 0.3) is 10.0 Å². The molecule has 0 atom stereocenters. The highest BCUT2D eigenvalue weighted by Gasteiger charge is 2.20. The normalized spacial score (nSPS) is 11.7. The van der Waals surface area contributed by atoms with Crippen molar-refractivity contribution in [3.63, 3.8) is 0 Å². The highest BCUT2D eigenvalue weighted by molar-refractivity contribution is 7.92. The summed E-state index contributed by atoms with van der Waals surface area (Å²) in [7, 11) is -4.14. The van der Waals surface area contributed by atoms with E-state index in [1.165, 1.54) is 24.3 Å². The van der Waals surface area contributed by atoms with E-state index in [0.717, 1.165) is 12.1 Å². The first-order valence-corrected chi connectivity index (χ1v) is 7.92. The van der Waals surface area contributed by atoms with Gasteiger partial charge in [-0.05, 0) is 24.3 Å². The lowest BCUT2D eigenvalue weighted by Crippen LogP contribution is -2.14. The summed E-state index contributed by atoms with van der Waals surface area (Å²) in [5, 5.41) is 0.0719. The van der Waals surface area contributed by atoms with Crippen LogP contribution in [0.4, 0.5) is 10.1 Å². The Hall–Kier alpha value is -2.32. The monoisotopic (exact) mass is 341 g/mol. The summed E-state index contributed by atoms with van der Waals surface area (Å²) in [6.45, 7) is 0. The Morgan fingerprint density at radius 2 is 1.73 bits per heavy atom. The zero-order valence-electron chi connectivity index (χ0n) is 10.9. The number of anilines is 1. The number of aromatic nitrogens is 2. The summed E-state index contributed by atoms with van der Waals surface area (Å²) in [5.41, 5.74) is 0.400. The van der Waals surface area contributed by atoms with Crippen LogP contribution in [0.25, 0.3) is 11.0 Å². The second-order valence-corrected chi connectivity index (χ2v) is 6.55. The van der Waals surface area contributed by atoms with Gasteiger partial charge in [-0.25, -0.2) is 17.6 Å². The largest absolute Gasteiger partial charge is 0.323 e. The molecule has 0 saturated heterocycles. The van der Waals surface area contributed by atoms with Gasteiger partial charge in [-0.15, -0.1) is 0 Å². The molecule has 0 fully saturated rings. The molecule has 2 aromatic carbocycles. The SMILES string of the molecule is O=c1[nH]c2cc(Cl)c(NS(=O)(=O)c3ccccc3F)cc2[nH]1. The first-order chi connectivity index (χ1) is 10.4. The third kappa shape index (κ3) is 2.58. The summed E-state index contributed by atoms with van der Waals surface area (Å²) in [6.07, 6.45) is 0. The van der Waals surface area contributed by atoms with Gasteiger partial charge >= 0.3 is 5.69 Å². The van der Waals surface area contributed by atoms with Crippen molar-refractivity contribution in [2.24, 2.45) is 0 Å². The first-order valence-electron chi connectivity index (χ1n) is 6.06. The van der Waals surface area contributed by atoms with Gasteiger partial charge in [0.2, 0.25) is 0 Å². The molecule has 0 spiro atoms. The Morgan fingerprint density at radius 1 is 1.09 bits per heavy atom. The predicted octanol–water partition coefficient (Wildman–Crippen LogP) is 2.45. The Balaban J connectivity index is 2.07. The zero-order valence-corrected chi connectivity index (χ0v) is 12.4. The van der Waals surface area contributed by atoms with Crippen molar-refractivity contribution < 1.29 is 12.8 Å². The minimum atomic E-state index is -4.14. The van der Waals surface area contributed by atoms with Crippen LogP contribution in [0.3, 0.4) is 0 Å². The van der Waals surface area contributed by atoms with E-state index in [1.54, 1.807) is 0 Å². The van der Waals surface area contributed by atoms with Crippen molar-refractivity contribution in [2.45, 2.75) is 4.90 Å². The zero-order chi connectivity index (χ0) is 15.9. The molecule has 0 aliphatic heterocycles. The smallest absolute Gasteiger partial charge is 0.306 e. The molecular weight excluding hydrogens is 333 g/mol. The molecular formula is C13H9ClFN3O3S. The highest BCUT2D eigenvalue weighted by atomic mass is 35.5. The standard InChI is InChI=1S/C13H9ClFN3O3S/c14-7-5-10-11(17-13(19)16-10)6-9(7)18-22(20,21)12-4-2-1-3-8(12)15/h1-6,18H,(H2,16,17,19). The van der Waals surface area contributed by atoms with Crippen molar-refractivity contribution in [3.8, 4) is 0 Å². The number of hydrogen-bond acceptors (Lipinski definition) is 3. The molecule has 0 amide bonds. The molecule has 1 heterocycles. The fourth-order valence-corrected chi connectivity index (χ4v) is 3.41. The van der Waals surface area contributed by atoms with Gasteiger partial charge in [0.1, 0.15) is 10.7 Å². The molecule has 9 heteroatoms. The van der Waals surface area contributed by atoms with Crippen LogP contribution in [0.2, 0.25) is 5.02 Å². The van der Waals surface area contributed by atoms with Crippen LogP contribution < -0.4 is 10.4 Å². The topological polar surface area (TPSA) is 94.8 Å². The number of rotatable bonds is 3. The lowest BCUT2D eigenvalue weighted by atomic mass is 10.3. The molecule has 3 rings (SSSR count). The van der Waals surface area contributed by atoms with Crippen LogP contribution in [0, 0.1) is 5.82 Å². The molecule has 0 aliphatic rings. The highest BCUT2D eigenvalue weighted by Crippen LogP contribution is 2.28. The van der Waals surface area contributed by atoms with Gasteiger partial charge in [0, 0.05) is 0 Å². The van der Waals surface area contributed by atoms with Crippen LogP contribution in [-0.2, 0) is 10.0 Å². The van der Waals surface area contributed by atoms with Gasteiger partial charge in [0.05, 0.1) is 21.7 Å². The van der Waals surface area contributed by atoms with Crippen LogP contribution in [-0.4, -0.2) is 18.4 Å². The van der Waals surface area contributed by atoms with E-state index in [4.69, 9.17) is 11.6 Å². The third-order valence-corrected chi connectivity index (χ3v) is 4.69. The van der Waals surface area contributed by atoms with Crippen molar-refractivity contribution in [1.82, 2.24) is 9.97 Å². The molecule has 0 bridgehead atoms. The number of nitrogens with one attached hydrogen (secondary N) is 3. The lowest BCUT2D eigenvalue weighted by molar-refractivity contribution is 0.570. The van der Waals surface area contributed by atoms with Crippen LogP contribution in [0.1, 0.15) is 0 Å². The van der Waals surface area contributed by atoms with Crippen molar-refractivity contribution in [3.05, 3.63) is 57.7 Å². The molecule has 0 saturated carbocycles. The first kappa shape index (κ1) is 14.6. The van der Waals surface area contributed by atoms with Crippen molar-refractivity contribution in [2.75, 3.05) is 4.72 Å². The number of benzene rings is 2. The minimum Gasteiger partial charge on any atom is -0.306 e. The molecule has 0 unspecified atom stereocenters. The number of fused-ring (bicyclic) bond motifs is 1. The number of sulfonamides is 1. The minimum absolute atomic E-state index is 0.0349. The van der Waals surface area contributed by atoms with Crippen molar-refractivity contribution >= 4 is 38.3 Å². The summed E-state index contributed by atoms with van der Waals surface area (Å²) in [4.78, 5) is 15.7. The number of aromatic amines is 2. The van der Waals surface area contributed by atoms with E-state index in [2.05, 4.69) is 14.7 Å². The van der Waals surface area contributed by atoms with E-state index in [-0.39, 0.29) is 10.7 Å². The van der Waals surface area contributed by atoms with Gasteiger partial charge < -0.3 is 9.97 Å². The fraction of sp³-hybridized carbons (Fsp3) is 0. The molecule has 0 aliphatic carbocycles. The maximum Gasteiger partial charge on any atom is 0.323 e. The lowest BCUT2D eigenvalue weighted by Gasteiger charge is -2.10. The van der Waals surface area contributed by atoms with E-state index in [9.17, 15) is 17.6 Å². The molecule has 6 nitrogen and oxygen atoms in total. The number of halogens is 2. The summed E-state index contributed by atoms with van der Waals surface area (Å²) < 4.78 is 40.3. The Morgan fingerprint density at radius 3 is 2.41 bits per heavy atom. The van der Waals surface area contributed by atoms with Gasteiger partial charge in [-0.3, -0.25) is 4.72 Å². The van der Waals surface area contributed by atoms with Crippen LogP contribution in [0.5, 0.6) is 0 Å². The number of H-pyrrole nitrogens is 2. The Bertz CT molecular complexity index is 1030. The maximum atomic E-state index is 13.6. The van der Waals surface area contributed by atoms with E-state index in [1.807, 2.05) is 0 Å². The maximum absolute atomic E-state index is 13.6. The van der Waals surface area contributed by atoms with Gasteiger partial charge in [-0.1, -0.05) is 23.7 Å². The second kappa shape index (κ2) is 5.15. The average molecular weight is 342 g/mol. The molecule has 0 radical (unpaired) electrons. The Labute approximate surface area is 129 Å². The van der Waals surface area contributed by atoms with Gasteiger partial charge in [-0.2, -0.15) is 0 Å².